The largest absolute Gasteiger partial charge is 0.205 e. The van der Waals surface area contributed by atoms with E-state index < -0.39 is 5.82 Å². The standard InChI is InChI=1S/C29H22FNS/c30-28-18-26(13-14-29(28)31-19-32)25-12-11-24-15-21(16-27(24)17-25)6-5-20-7-9-23(10-8-20)22-3-1-2-4-22/h7-15,17-18,22H,1-4,16H2. The normalized spacial score (nSPS) is 14.8. The molecule has 5 rings (SSSR count). The number of isothiocyanates is 1. The Hall–Kier alpha value is -3.31. The fourth-order valence-corrected chi connectivity index (χ4v) is 4.78. The summed E-state index contributed by atoms with van der Waals surface area (Å²) in [6.07, 6.45) is 8.28. The molecule has 0 spiro atoms. The lowest BCUT2D eigenvalue weighted by molar-refractivity contribution is 0.630. The monoisotopic (exact) mass is 435 g/mol. The Kier molecular flexibility index (Phi) is 5.82. The Morgan fingerprint density at radius 1 is 0.875 bits per heavy atom. The van der Waals surface area contributed by atoms with Gasteiger partial charge >= 0.3 is 0 Å². The maximum atomic E-state index is 14.2. The van der Waals surface area contributed by atoms with Gasteiger partial charge < -0.3 is 0 Å². The van der Waals surface area contributed by atoms with E-state index in [4.69, 9.17) is 0 Å². The molecule has 0 amide bonds. The number of rotatable bonds is 3. The Morgan fingerprint density at radius 2 is 1.62 bits per heavy atom. The molecule has 0 unspecified atom stereocenters. The maximum absolute atomic E-state index is 14.2. The second kappa shape index (κ2) is 9.05. The molecule has 0 aliphatic heterocycles. The first-order valence-electron chi connectivity index (χ1n) is 11.0. The van der Waals surface area contributed by atoms with E-state index in [1.165, 1.54) is 48.4 Å². The lowest BCUT2D eigenvalue weighted by Crippen LogP contribution is -1.91. The van der Waals surface area contributed by atoms with Gasteiger partial charge in [0.15, 0.2) is 0 Å². The molecule has 0 saturated heterocycles. The van der Waals surface area contributed by atoms with Crippen LogP contribution in [0, 0.1) is 17.7 Å². The molecule has 1 nitrogen and oxygen atoms in total. The molecule has 0 atom stereocenters. The van der Waals surface area contributed by atoms with Gasteiger partial charge in [0.25, 0.3) is 0 Å². The molecule has 3 aromatic carbocycles. The number of thiocarbonyl (C=S) groups is 1. The second-order valence-corrected chi connectivity index (χ2v) is 8.67. The van der Waals surface area contributed by atoms with Gasteiger partial charge in [0, 0.05) is 17.6 Å². The number of hydrogen-bond donors (Lipinski definition) is 0. The molecule has 0 bridgehead atoms. The van der Waals surface area contributed by atoms with Crippen molar-refractivity contribution in [3.63, 3.8) is 0 Å². The van der Waals surface area contributed by atoms with Crippen LogP contribution in [-0.4, -0.2) is 5.16 Å². The van der Waals surface area contributed by atoms with Gasteiger partial charge in [-0.25, -0.2) is 4.39 Å². The minimum atomic E-state index is -0.399. The quantitative estimate of drug-likeness (QED) is 0.232. The van der Waals surface area contributed by atoms with Gasteiger partial charge in [-0.05, 0) is 89.1 Å². The predicted octanol–water partition coefficient (Wildman–Crippen LogP) is 7.88. The number of allylic oxidation sites excluding steroid dienone is 1. The van der Waals surface area contributed by atoms with Crippen molar-refractivity contribution < 1.29 is 4.39 Å². The Bertz CT molecular complexity index is 1310. The van der Waals surface area contributed by atoms with Gasteiger partial charge in [0.2, 0.25) is 0 Å². The van der Waals surface area contributed by atoms with E-state index in [2.05, 4.69) is 76.7 Å². The number of aliphatic imine (C=N–C) groups is 1. The Morgan fingerprint density at radius 3 is 2.38 bits per heavy atom. The molecule has 1 saturated carbocycles. The van der Waals surface area contributed by atoms with Crippen molar-refractivity contribution in [2.24, 2.45) is 4.99 Å². The van der Waals surface area contributed by atoms with Crippen LogP contribution in [0.2, 0.25) is 0 Å². The summed E-state index contributed by atoms with van der Waals surface area (Å²) in [5.41, 5.74) is 8.00. The SMILES string of the molecule is Fc1cc(-c2ccc3c(c2)CC(C#Cc2ccc(C4CCCC4)cc2)=C3)ccc1N=C=S. The van der Waals surface area contributed by atoms with Crippen LogP contribution in [0.4, 0.5) is 10.1 Å². The first kappa shape index (κ1) is 20.6. The van der Waals surface area contributed by atoms with Crippen molar-refractivity contribution in [2.75, 3.05) is 0 Å². The van der Waals surface area contributed by atoms with Crippen LogP contribution in [0.25, 0.3) is 17.2 Å². The lowest BCUT2D eigenvalue weighted by atomic mass is 9.97. The molecule has 1 fully saturated rings. The van der Waals surface area contributed by atoms with Crippen molar-refractivity contribution in [3.05, 3.63) is 94.3 Å². The molecule has 0 aromatic heterocycles. The van der Waals surface area contributed by atoms with Gasteiger partial charge in [-0.1, -0.05) is 61.1 Å². The fourth-order valence-electron chi connectivity index (χ4n) is 4.68. The lowest BCUT2D eigenvalue weighted by Gasteiger charge is -2.08. The highest BCUT2D eigenvalue weighted by Crippen LogP contribution is 2.34. The van der Waals surface area contributed by atoms with Crippen LogP contribution in [0.5, 0.6) is 0 Å². The van der Waals surface area contributed by atoms with Crippen molar-refractivity contribution >= 4 is 29.1 Å². The number of hydrogen-bond acceptors (Lipinski definition) is 2. The zero-order valence-corrected chi connectivity index (χ0v) is 18.5. The second-order valence-electron chi connectivity index (χ2n) is 8.48. The molecule has 2 aliphatic rings. The van der Waals surface area contributed by atoms with Crippen LogP contribution < -0.4 is 0 Å². The van der Waals surface area contributed by atoms with E-state index >= 15 is 0 Å². The van der Waals surface area contributed by atoms with Gasteiger partial charge in [-0.15, -0.1) is 0 Å². The smallest absolute Gasteiger partial charge is 0.150 e. The van der Waals surface area contributed by atoms with Crippen molar-refractivity contribution in [3.8, 4) is 23.0 Å². The summed E-state index contributed by atoms with van der Waals surface area (Å²) in [6, 6.07) is 20.0. The molecular formula is C29H22FNS. The predicted molar refractivity (Wildman–Crippen MR) is 133 cm³/mol. The summed E-state index contributed by atoms with van der Waals surface area (Å²) in [5, 5.41) is 2.21. The molecule has 0 heterocycles. The average molecular weight is 436 g/mol. The zero-order valence-electron chi connectivity index (χ0n) is 17.7. The van der Waals surface area contributed by atoms with Crippen molar-refractivity contribution in [1.82, 2.24) is 0 Å². The fraction of sp³-hybridized carbons (Fsp3) is 0.207. The molecule has 3 aromatic rings. The summed E-state index contributed by atoms with van der Waals surface area (Å²) in [4.78, 5) is 3.75. The maximum Gasteiger partial charge on any atom is 0.150 e. The van der Waals surface area contributed by atoms with Gasteiger partial charge in [-0.2, -0.15) is 4.99 Å². The van der Waals surface area contributed by atoms with Crippen LogP contribution in [0.3, 0.4) is 0 Å². The minimum absolute atomic E-state index is 0.209. The summed E-state index contributed by atoms with van der Waals surface area (Å²) < 4.78 is 14.2. The molecular weight excluding hydrogens is 413 g/mol. The average Bonchev–Trinajstić information content (AvgIpc) is 3.49. The van der Waals surface area contributed by atoms with E-state index in [1.807, 2.05) is 12.1 Å². The molecule has 2 aliphatic carbocycles. The zero-order chi connectivity index (χ0) is 21.9. The van der Waals surface area contributed by atoms with E-state index in [1.54, 1.807) is 6.07 Å². The van der Waals surface area contributed by atoms with E-state index in [-0.39, 0.29) is 5.69 Å². The van der Waals surface area contributed by atoms with Crippen LogP contribution in [0.15, 0.2) is 71.2 Å². The van der Waals surface area contributed by atoms with Gasteiger partial charge in [0.05, 0.1) is 5.16 Å². The molecule has 156 valence electrons. The molecule has 0 radical (unpaired) electrons. The first-order chi connectivity index (χ1) is 15.7. The summed E-state index contributed by atoms with van der Waals surface area (Å²) in [6.45, 7) is 0. The summed E-state index contributed by atoms with van der Waals surface area (Å²) in [7, 11) is 0. The highest BCUT2D eigenvalue weighted by Gasteiger charge is 2.16. The molecule has 0 N–H and O–H groups in total. The summed E-state index contributed by atoms with van der Waals surface area (Å²) >= 11 is 4.57. The number of benzene rings is 3. The molecule has 32 heavy (non-hydrogen) atoms. The number of nitrogens with zero attached hydrogens (tertiary/aromatic N) is 1. The third-order valence-electron chi connectivity index (χ3n) is 6.41. The topological polar surface area (TPSA) is 12.4 Å². The Balaban J connectivity index is 1.30. The van der Waals surface area contributed by atoms with Crippen LogP contribution >= 0.6 is 12.2 Å². The van der Waals surface area contributed by atoms with E-state index in [9.17, 15) is 4.39 Å². The van der Waals surface area contributed by atoms with E-state index in [0.29, 0.717) is 0 Å². The van der Waals surface area contributed by atoms with Gasteiger partial charge in [0.1, 0.15) is 11.5 Å². The van der Waals surface area contributed by atoms with Gasteiger partial charge in [-0.3, -0.25) is 0 Å². The third-order valence-corrected chi connectivity index (χ3v) is 6.50. The van der Waals surface area contributed by atoms with E-state index in [0.717, 1.165) is 34.6 Å². The number of halogens is 1. The van der Waals surface area contributed by atoms with Crippen LogP contribution in [-0.2, 0) is 6.42 Å². The van der Waals surface area contributed by atoms with Crippen LogP contribution in [0.1, 0.15) is 53.9 Å². The third kappa shape index (κ3) is 4.34. The Labute approximate surface area is 193 Å². The number of fused-ring (bicyclic) bond motifs is 1. The molecule has 3 heteroatoms. The highest BCUT2D eigenvalue weighted by molar-refractivity contribution is 7.78. The van der Waals surface area contributed by atoms with Crippen molar-refractivity contribution in [2.45, 2.75) is 38.0 Å². The highest BCUT2D eigenvalue weighted by atomic mass is 32.1. The van der Waals surface area contributed by atoms with Crippen molar-refractivity contribution in [1.29, 1.82) is 0 Å². The first-order valence-corrected chi connectivity index (χ1v) is 11.4. The minimum Gasteiger partial charge on any atom is -0.205 e. The summed E-state index contributed by atoms with van der Waals surface area (Å²) in [5.74, 6) is 7.00.